The van der Waals surface area contributed by atoms with Crippen LogP contribution in [0.2, 0.25) is 0 Å². The molecule has 2 rings (SSSR count). The predicted octanol–water partition coefficient (Wildman–Crippen LogP) is 3.44. The van der Waals surface area contributed by atoms with Gasteiger partial charge in [-0.3, -0.25) is 0 Å². The van der Waals surface area contributed by atoms with E-state index in [1.165, 1.54) is 3.70 Å². The summed E-state index contributed by atoms with van der Waals surface area (Å²) in [5.74, 6) is 0.917. The maximum atomic E-state index is 4.70. The van der Waals surface area contributed by atoms with E-state index in [1.54, 1.807) is 6.20 Å². The van der Waals surface area contributed by atoms with Gasteiger partial charge in [-0.2, -0.15) is 0 Å². The van der Waals surface area contributed by atoms with E-state index in [0.717, 1.165) is 17.8 Å². The van der Waals surface area contributed by atoms with E-state index in [-0.39, 0.29) is 5.41 Å². The predicted molar refractivity (Wildman–Crippen MR) is 93.5 cm³/mol. The second kappa shape index (κ2) is 6.38. The Morgan fingerprint density at radius 2 is 2.00 bits per heavy atom. The third-order valence-corrected chi connectivity index (χ3v) is 7.83. The number of nitrogens with zero attached hydrogens (tertiary/aromatic N) is 4. The Morgan fingerprint density at radius 3 is 2.63 bits per heavy atom. The van der Waals surface area contributed by atoms with Crippen LogP contribution in [0.4, 0.5) is 0 Å². The molecule has 0 aliphatic carbocycles. The molecule has 0 saturated carbocycles. The molecule has 2 aromatic rings. The molecule has 0 aliphatic rings. The summed E-state index contributed by atoms with van der Waals surface area (Å²) >= 11 is 1.45. The third-order valence-electron chi connectivity index (χ3n) is 2.90. The standard InChI is InChI=1S/C13H16I2N4/c1-13(2,10-4-7-17-18-9-10)8-12-16-6-5-11(19-12)15(3)14/h4-7,9H,8H2,1-3H3. The SMILES string of the molecule is CI(I)c1ccnc(CC(C)(C)c2ccnnc2)n1. The van der Waals surface area contributed by atoms with Gasteiger partial charge in [0.1, 0.15) is 0 Å². The first-order valence-electron chi connectivity index (χ1n) is 5.85. The summed E-state index contributed by atoms with van der Waals surface area (Å²) in [6, 6.07) is 4.05. The molecule has 102 valence electrons. The van der Waals surface area contributed by atoms with Crippen LogP contribution in [0, 0.1) is 3.70 Å². The molecule has 19 heavy (non-hydrogen) atoms. The summed E-state index contributed by atoms with van der Waals surface area (Å²) in [4.78, 5) is 11.4. The molecule has 0 aliphatic heterocycles. The fourth-order valence-electron chi connectivity index (χ4n) is 1.79. The maximum absolute atomic E-state index is 4.70. The molecular weight excluding hydrogens is 466 g/mol. The fraction of sp³-hybridized carbons (Fsp3) is 0.385. The number of hydrogen-bond donors (Lipinski definition) is 0. The first kappa shape index (κ1) is 15.0. The van der Waals surface area contributed by atoms with Gasteiger partial charge in [-0.05, 0) is 0 Å². The van der Waals surface area contributed by atoms with Crippen molar-refractivity contribution in [2.75, 3.05) is 4.93 Å². The van der Waals surface area contributed by atoms with Gasteiger partial charge in [0.2, 0.25) is 0 Å². The van der Waals surface area contributed by atoms with Crippen LogP contribution < -0.4 is 0 Å². The first-order chi connectivity index (χ1) is 8.99. The summed E-state index contributed by atoms with van der Waals surface area (Å²) in [6.07, 6.45) is 6.24. The van der Waals surface area contributed by atoms with Crippen molar-refractivity contribution < 1.29 is 0 Å². The van der Waals surface area contributed by atoms with E-state index < -0.39 is 15.8 Å². The summed E-state index contributed by atoms with van der Waals surface area (Å²) in [5.41, 5.74) is 1.13. The fourth-order valence-corrected chi connectivity index (χ4v) is 4.58. The van der Waals surface area contributed by atoms with Crippen LogP contribution in [-0.2, 0) is 11.8 Å². The van der Waals surface area contributed by atoms with Crippen LogP contribution in [0.3, 0.4) is 0 Å². The summed E-state index contributed by atoms with van der Waals surface area (Å²) in [6.45, 7) is 4.37. The van der Waals surface area contributed by atoms with Crippen LogP contribution in [0.15, 0.2) is 30.7 Å². The minimum absolute atomic E-state index is 0.0351. The quantitative estimate of drug-likeness (QED) is 0.381. The molecule has 0 radical (unpaired) electrons. The Hall–Kier alpha value is -0.380. The second-order valence-corrected chi connectivity index (χ2v) is 16.5. The zero-order valence-electron chi connectivity index (χ0n) is 11.1. The summed E-state index contributed by atoms with van der Waals surface area (Å²) in [7, 11) is 0. The molecule has 2 aromatic heterocycles. The average molecular weight is 482 g/mol. The normalized spacial score (nSPS) is 12.3. The molecule has 2 heterocycles. The molecule has 0 bridgehead atoms. The van der Waals surface area contributed by atoms with Gasteiger partial charge < -0.3 is 0 Å². The Bertz CT molecular complexity index is 543. The molecule has 0 N–H and O–H groups in total. The summed E-state index contributed by atoms with van der Waals surface area (Å²) in [5, 5.41) is 7.78. The van der Waals surface area contributed by atoms with Crippen LogP contribution >= 0.6 is 34.5 Å². The number of rotatable bonds is 4. The van der Waals surface area contributed by atoms with Gasteiger partial charge in [-0.15, -0.1) is 0 Å². The van der Waals surface area contributed by atoms with Crippen molar-refractivity contribution in [1.82, 2.24) is 20.2 Å². The minimum atomic E-state index is -1.07. The van der Waals surface area contributed by atoms with Crippen molar-refractivity contribution in [3.63, 3.8) is 0 Å². The molecule has 0 fully saturated rings. The topological polar surface area (TPSA) is 51.6 Å². The Balaban J connectivity index is 2.23. The molecule has 0 atom stereocenters. The zero-order chi connectivity index (χ0) is 13.9. The average Bonchev–Trinajstić information content (AvgIpc) is 2.39. The number of halogens is 2. The van der Waals surface area contributed by atoms with Crippen LogP contribution in [0.25, 0.3) is 0 Å². The molecule has 0 aromatic carbocycles. The van der Waals surface area contributed by atoms with E-state index in [4.69, 9.17) is 4.98 Å². The Morgan fingerprint density at radius 1 is 1.21 bits per heavy atom. The zero-order valence-corrected chi connectivity index (χ0v) is 15.5. The van der Waals surface area contributed by atoms with Gasteiger partial charge >= 0.3 is 131 Å². The Labute approximate surface area is 130 Å². The second-order valence-electron chi connectivity index (χ2n) is 4.89. The number of hydrogen-bond acceptors (Lipinski definition) is 4. The van der Waals surface area contributed by atoms with Crippen molar-refractivity contribution >= 4 is 34.5 Å². The molecular formula is C13H16I2N4. The van der Waals surface area contributed by atoms with E-state index >= 15 is 0 Å². The van der Waals surface area contributed by atoms with Crippen molar-refractivity contribution in [2.45, 2.75) is 25.7 Å². The molecule has 0 amide bonds. The van der Waals surface area contributed by atoms with Crippen molar-refractivity contribution in [3.05, 3.63) is 45.8 Å². The molecule has 0 spiro atoms. The van der Waals surface area contributed by atoms with Gasteiger partial charge in [0, 0.05) is 0 Å². The molecule has 0 saturated heterocycles. The first-order valence-corrected chi connectivity index (χ1v) is 15.4. The van der Waals surface area contributed by atoms with E-state index in [9.17, 15) is 0 Å². The van der Waals surface area contributed by atoms with Crippen molar-refractivity contribution in [3.8, 4) is 0 Å². The third kappa shape index (κ3) is 4.04. The van der Waals surface area contributed by atoms with Gasteiger partial charge in [-0.25, -0.2) is 0 Å². The van der Waals surface area contributed by atoms with E-state index in [2.05, 4.69) is 52.6 Å². The van der Waals surface area contributed by atoms with E-state index in [0.29, 0.717) is 0 Å². The van der Waals surface area contributed by atoms with Crippen molar-refractivity contribution in [2.24, 2.45) is 0 Å². The molecule has 4 nitrogen and oxygen atoms in total. The molecule has 6 heteroatoms. The molecule has 0 unspecified atom stereocenters. The van der Waals surface area contributed by atoms with Crippen LogP contribution in [0.5, 0.6) is 0 Å². The van der Waals surface area contributed by atoms with E-state index in [1.807, 2.05) is 24.5 Å². The van der Waals surface area contributed by atoms with Gasteiger partial charge in [-0.1, -0.05) is 0 Å². The Kier molecular flexibility index (Phi) is 5.04. The van der Waals surface area contributed by atoms with Crippen LogP contribution in [0.1, 0.15) is 25.2 Å². The van der Waals surface area contributed by atoms with Crippen molar-refractivity contribution in [1.29, 1.82) is 0 Å². The monoisotopic (exact) mass is 482 g/mol. The van der Waals surface area contributed by atoms with Gasteiger partial charge in [0.15, 0.2) is 0 Å². The summed E-state index contributed by atoms with van der Waals surface area (Å²) < 4.78 is 1.23. The number of alkyl halides is 1. The van der Waals surface area contributed by atoms with Crippen LogP contribution in [-0.4, -0.2) is 25.1 Å². The number of aromatic nitrogens is 4. The van der Waals surface area contributed by atoms with Gasteiger partial charge in [0.05, 0.1) is 0 Å². The van der Waals surface area contributed by atoms with Gasteiger partial charge in [0.25, 0.3) is 0 Å².